The molecule has 0 aliphatic carbocycles. The maximum Gasteiger partial charge on any atom is 0.0964 e. The lowest BCUT2D eigenvalue weighted by atomic mass is 10.2. The molecule has 0 radical (unpaired) electrons. The molecule has 1 rings (SSSR count). The SMILES string of the molecule is CC/C(=N\O)c1cc(C)c(C)s1. The summed E-state index contributed by atoms with van der Waals surface area (Å²) >= 11 is 1.68. The normalized spacial score (nSPS) is 12.1. The number of oxime groups is 1. The molecule has 0 unspecified atom stereocenters. The van der Waals surface area contributed by atoms with Gasteiger partial charge in [-0.25, -0.2) is 0 Å². The van der Waals surface area contributed by atoms with Crippen LogP contribution in [0.1, 0.15) is 28.7 Å². The zero-order valence-corrected chi connectivity index (χ0v) is 8.40. The van der Waals surface area contributed by atoms with Crippen molar-refractivity contribution in [1.82, 2.24) is 0 Å². The van der Waals surface area contributed by atoms with Crippen LogP contribution in [0.5, 0.6) is 0 Å². The molecule has 0 amide bonds. The second kappa shape index (κ2) is 3.72. The molecule has 1 heterocycles. The van der Waals surface area contributed by atoms with Gasteiger partial charge in [0, 0.05) is 4.88 Å². The lowest BCUT2D eigenvalue weighted by molar-refractivity contribution is 0.318. The van der Waals surface area contributed by atoms with Crippen molar-refractivity contribution >= 4 is 17.0 Å². The van der Waals surface area contributed by atoms with Crippen molar-refractivity contribution in [3.8, 4) is 0 Å². The molecular weight excluding hydrogens is 170 g/mol. The average Bonchev–Trinajstić information content (AvgIpc) is 2.35. The van der Waals surface area contributed by atoms with Crippen LogP contribution in [0.25, 0.3) is 0 Å². The van der Waals surface area contributed by atoms with E-state index < -0.39 is 0 Å². The molecule has 12 heavy (non-hydrogen) atoms. The first-order chi connectivity index (χ1) is 5.69. The van der Waals surface area contributed by atoms with Gasteiger partial charge in [-0.15, -0.1) is 11.3 Å². The Morgan fingerprint density at radius 1 is 1.58 bits per heavy atom. The van der Waals surface area contributed by atoms with Gasteiger partial charge in [0.25, 0.3) is 0 Å². The largest absolute Gasteiger partial charge is 0.411 e. The highest BCUT2D eigenvalue weighted by Gasteiger charge is 2.06. The summed E-state index contributed by atoms with van der Waals surface area (Å²) in [5.74, 6) is 0. The van der Waals surface area contributed by atoms with Gasteiger partial charge >= 0.3 is 0 Å². The molecule has 1 N–H and O–H groups in total. The third-order valence-electron chi connectivity index (χ3n) is 1.91. The van der Waals surface area contributed by atoms with E-state index in [1.165, 1.54) is 10.4 Å². The monoisotopic (exact) mass is 183 g/mol. The Morgan fingerprint density at radius 2 is 2.25 bits per heavy atom. The first-order valence-corrected chi connectivity index (χ1v) is 4.79. The van der Waals surface area contributed by atoms with E-state index in [1.807, 2.05) is 6.92 Å². The van der Waals surface area contributed by atoms with E-state index in [0.717, 1.165) is 17.0 Å². The molecule has 0 saturated heterocycles. The molecule has 0 aromatic carbocycles. The van der Waals surface area contributed by atoms with Crippen LogP contribution in [0, 0.1) is 13.8 Å². The Morgan fingerprint density at radius 3 is 2.58 bits per heavy atom. The molecule has 0 aliphatic rings. The van der Waals surface area contributed by atoms with Crippen molar-refractivity contribution in [3.63, 3.8) is 0 Å². The predicted octanol–water partition coefficient (Wildman–Crippen LogP) is 2.95. The van der Waals surface area contributed by atoms with Gasteiger partial charge in [0.2, 0.25) is 0 Å². The van der Waals surface area contributed by atoms with Crippen molar-refractivity contribution in [2.24, 2.45) is 5.16 Å². The summed E-state index contributed by atoms with van der Waals surface area (Å²) in [7, 11) is 0. The molecular formula is C9H13NOS. The van der Waals surface area contributed by atoms with Gasteiger partial charge in [-0.05, 0) is 31.9 Å². The molecule has 0 spiro atoms. The third kappa shape index (κ3) is 1.67. The molecule has 0 bridgehead atoms. The molecule has 0 fully saturated rings. The van der Waals surface area contributed by atoms with Crippen LogP contribution >= 0.6 is 11.3 Å². The van der Waals surface area contributed by atoms with Gasteiger partial charge in [-0.2, -0.15) is 0 Å². The quantitative estimate of drug-likeness (QED) is 0.427. The molecule has 0 aliphatic heterocycles. The summed E-state index contributed by atoms with van der Waals surface area (Å²) in [5.41, 5.74) is 2.04. The van der Waals surface area contributed by atoms with Gasteiger partial charge in [-0.1, -0.05) is 12.1 Å². The molecule has 66 valence electrons. The molecule has 2 nitrogen and oxygen atoms in total. The summed E-state index contributed by atoms with van der Waals surface area (Å²) in [6, 6.07) is 2.07. The predicted molar refractivity (Wildman–Crippen MR) is 52.4 cm³/mol. The van der Waals surface area contributed by atoms with Crippen LogP contribution < -0.4 is 0 Å². The highest BCUT2D eigenvalue weighted by atomic mass is 32.1. The van der Waals surface area contributed by atoms with Crippen LogP contribution in [0.2, 0.25) is 0 Å². The topological polar surface area (TPSA) is 32.6 Å². The van der Waals surface area contributed by atoms with E-state index in [-0.39, 0.29) is 0 Å². The van der Waals surface area contributed by atoms with E-state index in [0.29, 0.717) is 0 Å². The van der Waals surface area contributed by atoms with Crippen LogP contribution in [0.4, 0.5) is 0 Å². The van der Waals surface area contributed by atoms with Crippen molar-refractivity contribution in [3.05, 3.63) is 21.4 Å². The molecule has 3 heteroatoms. The van der Waals surface area contributed by atoms with Crippen molar-refractivity contribution in [1.29, 1.82) is 0 Å². The second-order valence-electron chi connectivity index (χ2n) is 2.75. The number of thiophene rings is 1. The fraction of sp³-hybridized carbons (Fsp3) is 0.444. The third-order valence-corrected chi connectivity index (χ3v) is 3.11. The van der Waals surface area contributed by atoms with Crippen molar-refractivity contribution < 1.29 is 5.21 Å². The number of hydrogen-bond acceptors (Lipinski definition) is 3. The van der Waals surface area contributed by atoms with Crippen molar-refractivity contribution in [2.45, 2.75) is 27.2 Å². The lowest BCUT2D eigenvalue weighted by Gasteiger charge is -1.93. The lowest BCUT2D eigenvalue weighted by Crippen LogP contribution is -1.94. The Hall–Kier alpha value is -0.830. The van der Waals surface area contributed by atoms with E-state index >= 15 is 0 Å². The summed E-state index contributed by atoms with van der Waals surface area (Å²) in [4.78, 5) is 2.37. The molecule has 1 aromatic heterocycles. The zero-order chi connectivity index (χ0) is 9.14. The highest BCUT2D eigenvalue weighted by molar-refractivity contribution is 7.14. The molecule has 0 saturated carbocycles. The van der Waals surface area contributed by atoms with E-state index in [1.54, 1.807) is 11.3 Å². The van der Waals surface area contributed by atoms with Crippen molar-refractivity contribution in [2.75, 3.05) is 0 Å². The first-order valence-electron chi connectivity index (χ1n) is 3.97. The number of nitrogens with zero attached hydrogens (tertiary/aromatic N) is 1. The maximum atomic E-state index is 8.67. The Kier molecular flexibility index (Phi) is 2.87. The molecule has 1 aromatic rings. The van der Waals surface area contributed by atoms with E-state index in [2.05, 4.69) is 25.1 Å². The van der Waals surface area contributed by atoms with E-state index in [4.69, 9.17) is 5.21 Å². The standard InChI is InChI=1S/C9H13NOS/c1-4-8(10-11)9-5-6(2)7(3)12-9/h5,11H,4H2,1-3H3/b10-8+. The number of hydrogen-bond donors (Lipinski definition) is 1. The summed E-state index contributed by atoms with van der Waals surface area (Å²) in [6.45, 7) is 6.13. The minimum atomic E-state index is 0.774. The first kappa shape index (κ1) is 9.26. The minimum absolute atomic E-state index is 0.774. The van der Waals surface area contributed by atoms with Gasteiger partial charge in [-0.3, -0.25) is 0 Å². The van der Waals surface area contributed by atoms with Gasteiger partial charge in [0.1, 0.15) is 0 Å². The summed E-state index contributed by atoms with van der Waals surface area (Å²) in [6.07, 6.45) is 0.774. The Labute approximate surface area is 76.5 Å². The zero-order valence-electron chi connectivity index (χ0n) is 7.59. The number of rotatable bonds is 2. The summed E-state index contributed by atoms with van der Waals surface area (Å²) < 4.78 is 0. The van der Waals surface area contributed by atoms with Gasteiger partial charge in [0.05, 0.1) is 10.6 Å². The van der Waals surface area contributed by atoms with Crippen LogP contribution in [-0.4, -0.2) is 10.9 Å². The fourth-order valence-electron chi connectivity index (χ4n) is 1.01. The fourth-order valence-corrected chi connectivity index (χ4v) is 2.10. The second-order valence-corrected chi connectivity index (χ2v) is 4.01. The van der Waals surface area contributed by atoms with Crippen LogP contribution in [0.15, 0.2) is 11.2 Å². The van der Waals surface area contributed by atoms with E-state index in [9.17, 15) is 0 Å². The highest BCUT2D eigenvalue weighted by Crippen LogP contribution is 2.22. The minimum Gasteiger partial charge on any atom is -0.411 e. The smallest absolute Gasteiger partial charge is 0.0964 e. The number of aryl methyl sites for hydroxylation is 2. The average molecular weight is 183 g/mol. The van der Waals surface area contributed by atoms with Gasteiger partial charge < -0.3 is 5.21 Å². The van der Waals surface area contributed by atoms with Crippen LogP contribution in [0.3, 0.4) is 0 Å². The Bertz CT molecular complexity index is 282. The van der Waals surface area contributed by atoms with Crippen LogP contribution in [-0.2, 0) is 0 Å². The Balaban J connectivity index is 3.03. The summed E-state index contributed by atoms with van der Waals surface area (Å²) in [5, 5.41) is 11.9. The van der Waals surface area contributed by atoms with Gasteiger partial charge in [0.15, 0.2) is 0 Å². The maximum absolute atomic E-state index is 8.67. The molecule has 0 atom stereocenters.